The molecule has 0 aromatic rings. The molecular formula is C11H15F3N2O. The van der Waals surface area contributed by atoms with E-state index in [0.29, 0.717) is 6.42 Å². The molecule has 1 rings (SSSR count). The number of carbonyl (C=O) groups is 1. The molecule has 17 heavy (non-hydrogen) atoms. The summed E-state index contributed by atoms with van der Waals surface area (Å²) in [6, 6.07) is 0. The van der Waals surface area contributed by atoms with Gasteiger partial charge in [0.05, 0.1) is 0 Å². The Hall–Kier alpha value is -1.22. The lowest BCUT2D eigenvalue weighted by Crippen LogP contribution is -2.52. The predicted molar refractivity (Wildman–Crippen MR) is 57.1 cm³/mol. The zero-order chi connectivity index (χ0) is 12.9. The van der Waals surface area contributed by atoms with Gasteiger partial charge in [-0.2, -0.15) is 13.2 Å². The minimum atomic E-state index is -4.52. The van der Waals surface area contributed by atoms with Crippen molar-refractivity contribution >= 4 is 5.91 Å². The number of hydrogen-bond acceptors (Lipinski definition) is 2. The quantitative estimate of drug-likeness (QED) is 0.579. The fraction of sp³-hybridized carbons (Fsp3) is 0.727. The third kappa shape index (κ3) is 2.91. The van der Waals surface area contributed by atoms with Crippen LogP contribution >= 0.6 is 0 Å². The van der Waals surface area contributed by atoms with Gasteiger partial charge in [0.1, 0.15) is 0 Å². The molecule has 0 radical (unpaired) electrons. The van der Waals surface area contributed by atoms with Crippen molar-refractivity contribution in [3.63, 3.8) is 0 Å². The van der Waals surface area contributed by atoms with Gasteiger partial charge in [-0.1, -0.05) is 0 Å². The molecule has 2 N–H and O–H groups in total. The molecule has 1 atom stereocenters. The first kappa shape index (κ1) is 13.8. The molecule has 1 unspecified atom stereocenters. The van der Waals surface area contributed by atoms with E-state index in [-0.39, 0.29) is 26.1 Å². The van der Waals surface area contributed by atoms with Gasteiger partial charge < -0.3 is 10.6 Å². The maximum Gasteiger partial charge on any atom is 0.404 e. The SMILES string of the molecule is CC#CCCNC(=O)C1(C(F)(F)F)CCNC1. The van der Waals surface area contributed by atoms with Gasteiger partial charge in [-0.25, -0.2) is 0 Å². The second-order valence-corrected chi connectivity index (χ2v) is 3.94. The predicted octanol–water partition coefficient (Wildman–Crippen LogP) is 1.06. The summed E-state index contributed by atoms with van der Waals surface area (Å²) in [6.07, 6.45) is -4.36. The monoisotopic (exact) mass is 248 g/mol. The van der Waals surface area contributed by atoms with Crippen molar-refractivity contribution in [3.05, 3.63) is 0 Å². The Morgan fingerprint density at radius 1 is 1.53 bits per heavy atom. The highest BCUT2D eigenvalue weighted by atomic mass is 19.4. The highest BCUT2D eigenvalue weighted by Crippen LogP contribution is 2.43. The summed E-state index contributed by atoms with van der Waals surface area (Å²) in [6.45, 7) is 1.65. The van der Waals surface area contributed by atoms with Crippen LogP contribution in [0.15, 0.2) is 0 Å². The highest BCUT2D eigenvalue weighted by molar-refractivity contribution is 5.84. The first-order valence-electron chi connectivity index (χ1n) is 5.39. The average Bonchev–Trinajstić information content (AvgIpc) is 2.73. The Morgan fingerprint density at radius 2 is 2.24 bits per heavy atom. The first-order chi connectivity index (χ1) is 7.94. The van der Waals surface area contributed by atoms with Crippen LogP contribution in [-0.4, -0.2) is 31.7 Å². The lowest BCUT2D eigenvalue weighted by molar-refractivity contribution is -0.215. The third-order valence-electron chi connectivity index (χ3n) is 2.84. The van der Waals surface area contributed by atoms with Crippen molar-refractivity contribution in [2.75, 3.05) is 19.6 Å². The number of nitrogens with one attached hydrogen (secondary N) is 2. The van der Waals surface area contributed by atoms with Gasteiger partial charge in [0.15, 0.2) is 5.41 Å². The Bertz CT molecular complexity index is 335. The Kier molecular flexibility index (Phi) is 4.40. The standard InChI is InChI=1S/C11H15F3N2O/c1-2-3-4-6-16-9(17)10(11(12,13)14)5-7-15-8-10/h15H,4-8H2,1H3,(H,16,17). The van der Waals surface area contributed by atoms with Crippen molar-refractivity contribution in [2.24, 2.45) is 5.41 Å². The third-order valence-corrected chi connectivity index (χ3v) is 2.84. The lowest BCUT2D eigenvalue weighted by atomic mass is 9.85. The minimum Gasteiger partial charge on any atom is -0.354 e. The molecule has 1 aliphatic rings. The topological polar surface area (TPSA) is 41.1 Å². The summed E-state index contributed by atoms with van der Waals surface area (Å²) in [7, 11) is 0. The molecule has 0 aliphatic carbocycles. The molecule has 0 saturated carbocycles. The number of rotatable bonds is 3. The summed E-state index contributed by atoms with van der Waals surface area (Å²) >= 11 is 0. The summed E-state index contributed by atoms with van der Waals surface area (Å²) in [5, 5.41) is 4.90. The van der Waals surface area contributed by atoms with Gasteiger partial charge in [0.25, 0.3) is 0 Å². The van der Waals surface area contributed by atoms with Crippen molar-refractivity contribution in [1.29, 1.82) is 0 Å². The van der Waals surface area contributed by atoms with Crippen LogP contribution in [0.4, 0.5) is 13.2 Å². The molecule has 1 aliphatic heterocycles. The molecule has 0 spiro atoms. The molecule has 1 fully saturated rings. The highest BCUT2D eigenvalue weighted by Gasteiger charge is 2.61. The van der Waals surface area contributed by atoms with Crippen LogP contribution in [0.1, 0.15) is 19.8 Å². The summed E-state index contributed by atoms with van der Waals surface area (Å²) in [4.78, 5) is 11.7. The van der Waals surface area contributed by atoms with E-state index in [1.165, 1.54) is 0 Å². The van der Waals surface area contributed by atoms with Crippen LogP contribution in [0.2, 0.25) is 0 Å². The van der Waals surface area contributed by atoms with Crippen LogP contribution < -0.4 is 10.6 Å². The first-order valence-corrected chi connectivity index (χ1v) is 5.39. The number of carbonyl (C=O) groups excluding carboxylic acids is 1. The number of alkyl halides is 3. The fourth-order valence-corrected chi connectivity index (χ4v) is 1.79. The number of hydrogen-bond donors (Lipinski definition) is 2. The van der Waals surface area contributed by atoms with Crippen LogP contribution in [0.3, 0.4) is 0 Å². The molecule has 0 aromatic heterocycles. The minimum absolute atomic E-state index is 0.150. The van der Waals surface area contributed by atoms with Crippen LogP contribution in [0.25, 0.3) is 0 Å². The lowest BCUT2D eigenvalue weighted by Gasteiger charge is -2.29. The van der Waals surface area contributed by atoms with Crippen molar-refractivity contribution in [1.82, 2.24) is 10.6 Å². The van der Waals surface area contributed by atoms with E-state index in [1.54, 1.807) is 6.92 Å². The van der Waals surface area contributed by atoms with Gasteiger partial charge in [-0.05, 0) is 19.9 Å². The Balaban J connectivity index is 2.64. The van der Waals surface area contributed by atoms with E-state index in [2.05, 4.69) is 22.5 Å². The van der Waals surface area contributed by atoms with E-state index in [4.69, 9.17) is 0 Å². The second kappa shape index (κ2) is 5.41. The molecule has 0 bridgehead atoms. The zero-order valence-corrected chi connectivity index (χ0v) is 9.58. The normalized spacial score (nSPS) is 24.0. The van der Waals surface area contributed by atoms with E-state index < -0.39 is 17.5 Å². The van der Waals surface area contributed by atoms with Crippen LogP contribution in [-0.2, 0) is 4.79 Å². The molecule has 3 nitrogen and oxygen atoms in total. The maximum atomic E-state index is 12.9. The van der Waals surface area contributed by atoms with E-state index in [9.17, 15) is 18.0 Å². The summed E-state index contributed by atoms with van der Waals surface area (Å²) in [5.41, 5.74) is -2.27. The van der Waals surface area contributed by atoms with Gasteiger partial charge in [-0.3, -0.25) is 4.79 Å². The van der Waals surface area contributed by atoms with Crippen molar-refractivity contribution in [2.45, 2.75) is 25.9 Å². The number of amides is 1. The van der Waals surface area contributed by atoms with Crippen molar-refractivity contribution < 1.29 is 18.0 Å². The molecule has 1 saturated heterocycles. The molecular weight excluding hydrogens is 233 g/mol. The van der Waals surface area contributed by atoms with Gasteiger partial charge in [-0.15, -0.1) is 11.8 Å². The summed E-state index contributed by atoms with van der Waals surface area (Å²) in [5.74, 6) is 4.35. The Morgan fingerprint density at radius 3 is 2.71 bits per heavy atom. The van der Waals surface area contributed by atoms with E-state index in [1.807, 2.05) is 0 Å². The van der Waals surface area contributed by atoms with Crippen LogP contribution in [0.5, 0.6) is 0 Å². The summed E-state index contributed by atoms with van der Waals surface area (Å²) < 4.78 is 38.7. The van der Waals surface area contributed by atoms with Gasteiger partial charge in [0, 0.05) is 19.5 Å². The largest absolute Gasteiger partial charge is 0.404 e. The molecule has 0 aromatic carbocycles. The molecule has 1 amide bonds. The van der Waals surface area contributed by atoms with Crippen molar-refractivity contribution in [3.8, 4) is 11.8 Å². The zero-order valence-electron chi connectivity index (χ0n) is 9.58. The second-order valence-electron chi connectivity index (χ2n) is 3.94. The average molecular weight is 248 g/mol. The fourth-order valence-electron chi connectivity index (χ4n) is 1.79. The van der Waals surface area contributed by atoms with E-state index >= 15 is 0 Å². The molecule has 6 heteroatoms. The maximum absolute atomic E-state index is 12.9. The van der Waals surface area contributed by atoms with Gasteiger partial charge >= 0.3 is 6.18 Å². The van der Waals surface area contributed by atoms with Gasteiger partial charge in [0.2, 0.25) is 5.91 Å². The smallest absolute Gasteiger partial charge is 0.354 e. The molecule has 1 heterocycles. The Labute approximate surface area is 98.1 Å². The van der Waals surface area contributed by atoms with Crippen LogP contribution in [0, 0.1) is 17.3 Å². The number of halogens is 3. The molecule has 96 valence electrons. The van der Waals surface area contributed by atoms with E-state index in [0.717, 1.165) is 0 Å².